The van der Waals surface area contributed by atoms with Crippen molar-refractivity contribution in [2.24, 2.45) is 0 Å². The number of carbonyl (C=O) groups is 3. The molecule has 0 saturated heterocycles. The molecule has 0 aliphatic carbocycles. The lowest BCUT2D eigenvalue weighted by molar-refractivity contribution is -0.120. The lowest BCUT2D eigenvalue weighted by Crippen LogP contribution is -2.36. The molecular formula is C18H16F2N2O3. The van der Waals surface area contributed by atoms with E-state index < -0.39 is 23.4 Å². The molecule has 0 bridgehead atoms. The number of ketones is 1. The Balaban J connectivity index is 2.17. The van der Waals surface area contributed by atoms with Gasteiger partial charge in [0.15, 0.2) is 17.4 Å². The highest BCUT2D eigenvalue weighted by Gasteiger charge is 2.17. The number of carbonyl (C=O) groups excluding carboxylic acids is 3. The van der Waals surface area contributed by atoms with Crippen LogP contribution in [0.1, 0.15) is 24.2 Å². The molecule has 130 valence electrons. The largest absolute Gasteiger partial charge is 0.324 e. The summed E-state index contributed by atoms with van der Waals surface area (Å²) in [4.78, 5) is 36.6. The van der Waals surface area contributed by atoms with E-state index in [4.69, 9.17) is 0 Å². The number of halogens is 2. The van der Waals surface area contributed by atoms with Crippen molar-refractivity contribution < 1.29 is 23.2 Å². The van der Waals surface area contributed by atoms with Crippen LogP contribution < -0.4 is 10.2 Å². The normalized spacial score (nSPS) is 10.2. The molecule has 0 radical (unpaired) electrons. The summed E-state index contributed by atoms with van der Waals surface area (Å²) >= 11 is 0. The molecule has 2 aromatic rings. The number of hydrogen-bond donors (Lipinski definition) is 1. The highest BCUT2D eigenvalue weighted by atomic mass is 19.2. The van der Waals surface area contributed by atoms with Crippen molar-refractivity contribution in [3.63, 3.8) is 0 Å². The quantitative estimate of drug-likeness (QED) is 0.846. The number of benzene rings is 2. The molecule has 0 saturated carbocycles. The van der Waals surface area contributed by atoms with Crippen LogP contribution in [0.2, 0.25) is 0 Å². The van der Waals surface area contributed by atoms with Crippen LogP contribution in [0.5, 0.6) is 0 Å². The van der Waals surface area contributed by atoms with Gasteiger partial charge < -0.3 is 10.2 Å². The van der Waals surface area contributed by atoms with Gasteiger partial charge in [-0.3, -0.25) is 14.4 Å². The van der Waals surface area contributed by atoms with Crippen LogP contribution in [0.3, 0.4) is 0 Å². The van der Waals surface area contributed by atoms with Crippen LogP contribution >= 0.6 is 0 Å². The van der Waals surface area contributed by atoms with E-state index in [2.05, 4.69) is 5.32 Å². The van der Waals surface area contributed by atoms with E-state index >= 15 is 0 Å². The maximum atomic E-state index is 13.2. The van der Waals surface area contributed by atoms with Crippen molar-refractivity contribution in [3.05, 3.63) is 59.7 Å². The molecule has 0 aliphatic rings. The Morgan fingerprint density at radius 1 is 1.00 bits per heavy atom. The summed E-state index contributed by atoms with van der Waals surface area (Å²) in [5.41, 5.74) is 0.871. The maximum absolute atomic E-state index is 13.2. The van der Waals surface area contributed by atoms with Gasteiger partial charge in [0.05, 0.1) is 0 Å². The molecule has 0 unspecified atom stereocenters. The first-order valence-corrected chi connectivity index (χ1v) is 7.42. The Kier molecular flexibility index (Phi) is 5.59. The number of nitrogens with zero attached hydrogens (tertiary/aromatic N) is 1. The topological polar surface area (TPSA) is 66.5 Å². The Morgan fingerprint density at radius 3 is 2.32 bits per heavy atom. The van der Waals surface area contributed by atoms with Crippen molar-refractivity contribution in [1.29, 1.82) is 0 Å². The molecule has 5 nitrogen and oxygen atoms in total. The van der Waals surface area contributed by atoms with E-state index in [1.54, 1.807) is 18.2 Å². The first-order valence-electron chi connectivity index (χ1n) is 7.42. The van der Waals surface area contributed by atoms with E-state index in [1.165, 1.54) is 30.9 Å². The summed E-state index contributed by atoms with van der Waals surface area (Å²) < 4.78 is 26.1. The summed E-state index contributed by atoms with van der Waals surface area (Å²) in [5.74, 6) is -3.27. The number of nitrogens with one attached hydrogen (secondary N) is 1. The summed E-state index contributed by atoms with van der Waals surface area (Å²) in [6.45, 7) is 2.34. The SMILES string of the molecule is CC(=O)c1cccc(N(CC(=O)Nc2ccc(F)c(F)c2)C(C)=O)c1. The minimum atomic E-state index is -1.09. The molecule has 0 aromatic heterocycles. The fraction of sp³-hybridized carbons (Fsp3) is 0.167. The van der Waals surface area contributed by atoms with Crippen LogP contribution in [0.25, 0.3) is 0 Å². The minimum absolute atomic E-state index is 0.0740. The second-order valence-corrected chi connectivity index (χ2v) is 5.39. The fourth-order valence-corrected chi connectivity index (χ4v) is 2.20. The van der Waals surface area contributed by atoms with Gasteiger partial charge in [0.2, 0.25) is 11.8 Å². The predicted octanol–water partition coefficient (Wildman–Crippen LogP) is 3.16. The zero-order valence-electron chi connectivity index (χ0n) is 13.7. The van der Waals surface area contributed by atoms with E-state index in [9.17, 15) is 23.2 Å². The molecule has 0 fully saturated rings. The molecule has 2 aromatic carbocycles. The first kappa shape index (κ1) is 18.3. The van der Waals surface area contributed by atoms with Gasteiger partial charge in [-0.1, -0.05) is 12.1 Å². The Bertz CT molecular complexity index is 837. The van der Waals surface area contributed by atoms with Crippen LogP contribution in [-0.4, -0.2) is 24.1 Å². The van der Waals surface area contributed by atoms with Gasteiger partial charge in [-0.2, -0.15) is 0 Å². The van der Waals surface area contributed by atoms with Gasteiger partial charge in [0.1, 0.15) is 6.54 Å². The molecule has 0 atom stereocenters. The molecule has 0 aliphatic heterocycles. The van der Waals surface area contributed by atoms with E-state index in [-0.39, 0.29) is 18.0 Å². The zero-order chi connectivity index (χ0) is 18.6. The van der Waals surface area contributed by atoms with Crippen LogP contribution in [0.15, 0.2) is 42.5 Å². The Hall–Kier alpha value is -3.09. The van der Waals surface area contributed by atoms with Gasteiger partial charge in [-0.25, -0.2) is 8.78 Å². The number of Topliss-reactive ketones (excluding diaryl/α,β-unsaturated/α-hetero) is 1. The monoisotopic (exact) mass is 346 g/mol. The molecule has 25 heavy (non-hydrogen) atoms. The summed E-state index contributed by atoms with van der Waals surface area (Å²) in [6.07, 6.45) is 0. The first-order chi connectivity index (χ1) is 11.8. The lowest BCUT2D eigenvalue weighted by atomic mass is 10.1. The standard InChI is InChI=1S/C18H16F2N2O3/c1-11(23)13-4-3-5-15(8-13)22(12(2)24)10-18(25)21-14-6-7-16(19)17(20)9-14/h3-9H,10H2,1-2H3,(H,21,25). The van der Waals surface area contributed by atoms with Gasteiger partial charge in [0, 0.05) is 29.9 Å². The average Bonchev–Trinajstić information content (AvgIpc) is 2.56. The zero-order valence-corrected chi connectivity index (χ0v) is 13.7. The molecule has 0 spiro atoms. The Labute approximate surface area is 143 Å². The number of amides is 2. The van der Waals surface area contributed by atoms with Crippen LogP contribution in [-0.2, 0) is 9.59 Å². The molecule has 1 N–H and O–H groups in total. The lowest BCUT2D eigenvalue weighted by Gasteiger charge is -2.21. The third-order valence-electron chi connectivity index (χ3n) is 3.45. The predicted molar refractivity (Wildman–Crippen MR) is 89.5 cm³/mol. The van der Waals surface area contributed by atoms with Gasteiger partial charge in [-0.15, -0.1) is 0 Å². The molecule has 0 heterocycles. The average molecular weight is 346 g/mol. The van der Waals surface area contributed by atoms with Gasteiger partial charge >= 0.3 is 0 Å². The van der Waals surface area contributed by atoms with Crippen LogP contribution in [0.4, 0.5) is 20.2 Å². The van der Waals surface area contributed by atoms with Gasteiger partial charge in [0.25, 0.3) is 0 Å². The van der Waals surface area contributed by atoms with E-state index in [0.29, 0.717) is 11.3 Å². The third-order valence-corrected chi connectivity index (χ3v) is 3.45. The molecule has 2 amide bonds. The number of hydrogen-bond acceptors (Lipinski definition) is 3. The van der Waals surface area contributed by atoms with Crippen molar-refractivity contribution >= 4 is 29.0 Å². The molecular weight excluding hydrogens is 330 g/mol. The second-order valence-electron chi connectivity index (χ2n) is 5.39. The van der Waals surface area contributed by atoms with Gasteiger partial charge in [-0.05, 0) is 31.2 Å². The van der Waals surface area contributed by atoms with Crippen molar-refractivity contribution in [2.45, 2.75) is 13.8 Å². The second kappa shape index (κ2) is 7.65. The highest BCUT2D eigenvalue weighted by Crippen LogP contribution is 2.18. The number of anilines is 2. The summed E-state index contributed by atoms with van der Waals surface area (Å²) in [6, 6.07) is 9.27. The smallest absolute Gasteiger partial charge is 0.244 e. The molecule has 2 rings (SSSR count). The third kappa shape index (κ3) is 4.69. The van der Waals surface area contributed by atoms with E-state index in [0.717, 1.165) is 12.1 Å². The van der Waals surface area contributed by atoms with Crippen molar-refractivity contribution in [3.8, 4) is 0 Å². The highest BCUT2D eigenvalue weighted by molar-refractivity contribution is 6.03. The molecule has 7 heteroatoms. The maximum Gasteiger partial charge on any atom is 0.244 e. The summed E-state index contributed by atoms with van der Waals surface area (Å²) in [5, 5.41) is 2.40. The van der Waals surface area contributed by atoms with Crippen LogP contribution in [0, 0.1) is 11.6 Å². The summed E-state index contributed by atoms with van der Waals surface area (Å²) in [7, 11) is 0. The van der Waals surface area contributed by atoms with Crippen molar-refractivity contribution in [2.75, 3.05) is 16.8 Å². The van der Waals surface area contributed by atoms with E-state index in [1.807, 2.05) is 0 Å². The Morgan fingerprint density at radius 2 is 1.72 bits per heavy atom. The minimum Gasteiger partial charge on any atom is -0.324 e. The fourth-order valence-electron chi connectivity index (χ4n) is 2.20. The number of rotatable bonds is 5. The van der Waals surface area contributed by atoms with Crippen molar-refractivity contribution in [1.82, 2.24) is 0 Å².